The van der Waals surface area contributed by atoms with Crippen LogP contribution in [0.4, 0.5) is 0 Å². The Kier molecular flexibility index (Phi) is 4.47. The van der Waals surface area contributed by atoms with E-state index in [0.29, 0.717) is 28.7 Å². The Morgan fingerprint density at radius 1 is 1.48 bits per heavy atom. The minimum atomic E-state index is -0.373. The molecule has 2 bridgehead atoms. The van der Waals surface area contributed by atoms with Crippen molar-refractivity contribution in [3.05, 3.63) is 35.7 Å². The summed E-state index contributed by atoms with van der Waals surface area (Å²) in [5.41, 5.74) is 4.10. The molecule has 1 aromatic heterocycles. The van der Waals surface area contributed by atoms with Gasteiger partial charge in [0.15, 0.2) is 5.11 Å². The van der Waals surface area contributed by atoms with Crippen LogP contribution < -0.4 is 10.7 Å². The highest BCUT2D eigenvalue weighted by atomic mass is 32.1. The number of nitrogens with one attached hydrogen (secondary N) is 2. The lowest BCUT2D eigenvalue weighted by Crippen LogP contribution is -2.42. The van der Waals surface area contributed by atoms with Gasteiger partial charge in [-0.2, -0.15) is 5.10 Å². The van der Waals surface area contributed by atoms with E-state index in [9.17, 15) is 4.79 Å². The molecule has 1 aromatic rings. The Morgan fingerprint density at radius 2 is 2.30 bits per heavy atom. The number of methoxy groups -OCH3 is 1. The monoisotopic (exact) mass is 332 g/mol. The summed E-state index contributed by atoms with van der Waals surface area (Å²) < 4.78 is 6.42. The van der Waals surface area contributed by atoms with Gasteiger partial charge in [-0.05, 0) is 43.0 Å². The molecule has 3 rings (SSSR count). The van der Waals surface area contributed by atoms with E-state index < -0.39 is 0 Å². The van der Waals surface area contributed by atoms with E-state index in [4.69, 9.17) is 17.0 Å². The second-order valence-electron chi connectivity index (χ2n) is 5.99. The molecule has 0 saturated heterocycles. The number of hydrazone groups is 1. The Bertz CT molecular complexity index is 680. The number of carbonyl (C=O) groups is 1. The number of fused-ring (bicyclic) bond motifs is 2. The Morgan fingerprint density at radius 3 is 2.96 bits per heavy atom. The van der Waals surface area contributed by atoms with Crippen molar-refractivity contribution in [1.29, 1.82) is 0 Å². The summed E-state index contributed by atoms with van der Waals surface area (Å²) in [6.45, 7) is 0. The minimum Gasteiger partial charge on any atom is -0.464 e. The van der Waals surface area contributed by atoms with Crippen LogP contribution in [0.5, 0.6) is 0 Å². The first-order valence-electron chi connectivity index (χ1n) is 7.59. The Balaban J connectivity index is 1.51. The van der Waals surface area contributed by atoms with Crippen LogP contribution in [0.3, 0.4) is 0 Å². The predicted molar refractivity (Wildman–Crippen MR) is 92.4 cm³/mol. The highest BCUT2D eigenvalue weighted by Gasteiger charge is 2.35. The lowest BCUT2D eigenvalue weighted by Gasteiger charge is -2.20. The zero-order valence-corrected chi connectivity index (χ0v) is 14.0. The maximum absolute atomic E-state index is 11.5. The normalized spacial score (nSPS) is 25.0. The van der Waals surface area contributed by atoms with Gasteiger partial charge in [-0.1, -0.05) is 12.2 Å². The summed E-state index contributed by atoms with van der Waals surface area (Å²) >= 11 is 5.27. The van der Waals surface area contributed by atoms with Crippen molar-refractivity contribution in [2.75, 3.05) is 7.11 Å². The van der Waals surface area contributed by atoms with E-state index in [1.54, 1.807) is 30.1 Å². The van der Waals surface area contributed by atoms with Crippen molar-refractivity contribution < 1.29 is 9.53 Å². The number of ether oxygens (including phenoxy) is 1. The summed E-state index contributed by atoms with van der Waals surface area (Å²) in [7, 11) is 3.14. The van der Waals surface area contributed by atoms with Crippen LogP contribution in [0.1, 0.15) is 28.9 Å². The van der Waals surface area contributed by atoms with E-state index in [-0.39, 0.29) is 5.97 Å². The molecule has 0 unspecified atom stereocenters. The zero-order chi connectivity index (χ0) is 16.4. The molecule has 122 valence electrons. The van der Waals surface area contributed by atoms with Gasteiger partial charge in [0.25, 0.3) is 0 Å². The first kappa shape index (κ1) is 15.7. The van der Waals surface area contributed by atoms with Gasteiger partial charge in [-0.15, -0.1) is 0 Å². The van der Waals surface area contributed by atoms with E-state index >= 15 is 0 Å². The van der Waals surface area contributed by atoms with Crippen LogP contribution in [0, 0.1) is 11.8 Å². The molecule has 7 heteroatoms. The molecule has 0 amide bonds. The SMILES string of the molecule is COC(=O)c1cc(/C=N\NC(=S)N[C@@H]2C[C@H]3C=C[C@H]2C3)cn1C. The number of hydrogen-bond donors (Lipinski definition) is 2. The van der Waals surface area contributed by atoms with Gasteiger partial charge in [-0.3, -0.25) is 5.43 Å². The largest absolute Gasteiger partial charge is 0.464 e. The van der Waals surface area contributed by atoms with Gasteiger partial charge in [0.05, 0.1) is 13.3 Å². The van der Waals surface area contributed by atoms with Crippen LogP contribution in [0.2, 0.25) is 0 Å². The van der Waals surface area contributed by atoms with Gasteiger partial charge in [0.2, 0.25) is 0 Å². The van der Waals surface area contributed by atoms with Crippen molar-refractivity contribution >= 4 is 29.5 Å². The van der Waals surface area contributed by atoms with Crippen molar-refractivity contribution in [3.63, 3.8) is 0 Å². The van der Waals surface area contributed by atoms with Gasteiger partial charge in [0, 0.05) is 24.8 Å². The molecule has 2 aliphatic carbocycles. The molecular weight excluding hydrogens is 312 g/mol. The molecule has 2 N–H and O–H groups in total. The molecule has 0 aromatic carbocycles. The molecular formula is C16H20N4O2S. The van der Waals surface area contributed by atoms with Crippen LogP contribution in [-0.4, -0.2) is 35.0 Å². The fourth-order valence-corrected chi connectivity index (χ4v) is 3.49. The predicted octanol–water partition coefficient (Wildman–Crippen LogP) is 1.57. The van der Waals surface area contributed by atoms with E-state index in [1.165, 1.54) is 13.5 Å². The number of carbonyl (C=O) groups excluding carboxylic acids is 1. The van der Waals surface area contributed by atoms with Gasteiger partial charge in [0.1, 0.15) is 5.69 Å². The lowest BCUT2D eigenvalue weighted by molar-refractivity contribution is 0.0590. The van der Waals surface area contributed by atoms with Gasteiger partial charge in [-0.25, -0.2) is 4.79 Å². The average molecular weight is 332 g/mol. The van der Waals surface area contributed by atoms with Crippen molar-refractivity contribution in [2.45, 2.75) is 18.9 Å². The maximum atomic E-state index is 11.5. The number of thiocarbonyl (C=S) groups is 1. The summed E-state index contributed by atoms with van der Waals surface area (Å²) in [5, 5.41) is 7.96. The van der Waals surface area contributed by atoms with Crippen molar-refractivity contribution in [3.8, 4) is 0 Å². The zero-order valence-electron chi connectivity index (χ0n) is 13.2. The highest BCUT2D eigenvalue weighted by Crippen LogP contribution is 2.38. The molecule has 6 nitrogen and oxygen atoms in total. The van der Waals surface area contributed by atoms with E-state index in [1.807, 2.05) is 0 Å². The molecule has 0 radical (unpaired) electrons. The lowest BCUT2D eigenvalue weighted by atomic mass is 10.0. The fraction of sp³-hybridized carbons (Fsp3) is 0.438. The summed E-state index contributed by atoms with van der Waals surface area (Å²) in [6, 6.07) is 2.12. The molecule has 2 aliphatic rings. The third-order valence-corrected chi connectivity index (χ3v) is 4.60. The molecule has 1 saturated carbocycles. The number of rotatable bonds is 4. The minimum absolute atomic E-state index is 0.373. The van der Waals surface area contributed by atoms with Gasteiger partial charge >= 0.3 is 5.97 Å². The molecule has 0 aliphatic heterocycles. The third kappa shape index (κ3) is 3.44. The Labute approximate surface area is 140 Å². The third-order valence-electron chi connectivity index (χ3n) is 4.40. The number of aryl methyl sites for hydroxylation is 1. The summed E-state index contributed by atoms with van der Waals surface area (Å²) in [6.07, 6.45) is 10.4. The molecule has 1 heterocycles. The average Bonchev–Trinajstić information content (AvgIpc) is 3.22. The van der Waals surface area contributed by atoms with Crippen LogP contribution in [-0.2, 0) is 11.8 Å². The second kappa shape index (κ2) is 6.54. The van der Waals surface area contributed by atoms with Crippen molar-refractivity contribution in [1.82, 2.24) is 15.3 Å². The standard InChI is InChI=1S/C16H20N4O2S/c1-20-9-11(7-14(20)15(21)22-2)8-17-19-16(23)18-13-6-10-3-4-12(13)5-10/h3-4,7-10,12-13H,5-6H2,1-2H3,(H2,18,19,23)/b17-8-/t10-,12-,13+/m0/s1. The summed E-state index contributed by atoms with van der Waals surface area (Å²) in [4.78, 5) is 11.5. The number of hydrogen-bond acceptors (Lipinski definition) is 4. The topological polar surface area (TPSA) is 67.7 Å². The first-order valence-corrected chi connectivity index (χ1v) is 8.00. The maximum Gasteiger partial charge on any atom is 0.354 e. The number of allylic oxidation sites excluding steroid dienone is 1. The Hall–Kier alpha value is -2.15. The first-order chi connectivity index (χ1) is 11.1. The number of esters is 1. The molecule has 0 spiro atoms. The smallest absolute Gasteiger partial charge is 0.354 e. The summed E-state index contributed by atoms with van der Waals surface area (Å²) in [5.74, 6) is 0.909. The molecule has 3 atom stereocenters. The van der Waals surface area contributed by atoms with E-state index in [2.05, 4.69) is 28.0 Å². The molecule has 23 heavy (non-hydrogen) atoms. The number of nitrogens with zero attached hydrogens (tertiary/aromatic N) is 2. The van der Waals surface area contributed by atoms with Crippen LogP contribution in [0.15, 0.2) is 29.5 Å². The second-order valence-corrected chi connectivity index (χ2v) is 6.40. The van der Waals surface area contributed by atoms with E-state index in [0.717, 1.165) is 12.0 Å². The van der Waals surface area contributed by atoms with Crippen LogP contribution in [0.25, 0.3) is 0 Å². The van der Waals surface area contributed by atoms with Crippen LogP contribution >= 0.6 is 12.2 Å². The molecule has 1 fully saturated rings. The highest BCUT2D eigenvalue weighted by molar-refractivity contribution is 7.80. The quantitative estimate of drug-likeness (QED) is 0.288. The van der Waals surface area contributed by atoms with Gasteiger partial charge < -0.3 is 14.6 Å². The fourth-order valence-electron chi connectivity index (χ4n) is 3.28. The number of aromatic nitrogens is 1. The van der Waals surface area contributed by atoms with Crippen molar-refractivity contribution in [2.24, 2.45) is 24.0 Å².